The van der Waals surface area contributed by atoms with Crippen molar-refractivity contribution in [3.05, 3.63) is 24.0 Å². The normalized spacial score (nSPS) is 51.7. The van der Waals surface area contributed by atoms with Gasteiger partial charge in [-0.25, -0.2) is 0 Å². The molecule has 0 radical (unpaired) electrons. The predicted octanol–water partition coefficient (Wildman–Crippen LogP) is 4.70. The number of allylic oxidation sites excluding steroid dienone is 2. The van der Waals surface area contributed by atoms with Crippen LogP contribution in [0.25, 0.3) is 0 Å². The zero-order chi connectivity index (χ0) is 13.1. The monoisotopic (exact) mass is 258 g/mol. The van der Waals surface area contributed by atoms with Gasteiger partial charge in [-0.1, -0.05) is 25.5 Å². The molecule has 4 rings (SSSR count). The average molecular weight is 258 g/mol. The molecule has 5 atom stereocenters. The Balaban J connectivity index is 1.73. The van der Waals surface area contributed by atoms with Crippen LogP contribution in [-0.4, -0.2) is 6.61 Å². The molecule has 3 aliphatic carbocycles. The van der Waals surface area contributed by atoms with E-state index in [9.17, 15) is 0 Å². The molecular weight excluding hydrogens is 232 g/mol. The van der Waals surface area contributed by atoms with Gasteiger partial charge in [-0.05, 0) is 68.3 Å². The third-order valence-electron chi connectivity index (χ3n) is 6.89. The molecule has 2 fully saturated rings. The summed E-state index contributed by atoms with van der Waals surface area (Å²) in [6.45, 7) is 5.76. The van der Waals surface area contributed by atoms with Gasteiger partial charge in [-0.3, -0.25) is 0 Å². The van der Waals surface area contributed by atoms with Crippen molar-refractivity contribution in [1.82, 2.24) is 0 Å². The smallest absolute Gasteiger partial charge is 0.106 e. The van der Waals surface area contributed by atoms with Gasteiger partial charge in [0.1, 0.15) is 12.4 Å². The summed E-state index contributed by atoms with van der Waals surface area (Å²) in [5, 5.41) is 0. The Labute approximate surface area is 117 Å². The van der Waals surface area contributed by atoms with Gasteiger partial charge in [0.25, 0.3) is 0 Å². The summed E-state index contributed by atoms with van der Waals surface area (Å²) >= 11 is 0. The number of hydrogen-bond acceptors (Lipinski definition) is 1. The molecule has 19 heavy (non-hydrogen) atoms. The van der Waals surface area contributed by atoms with E-state index in [4.69, 9.17) is 4.74 Å². The van der Waals surface area contributed by atoms with Gasteiger partial charge in [-0.15, -0.1) is 0 Å². The minimum absolute atomic E-state index is 0.199. The lowest BCUT2D eigenvalue weighted by Crippen LogP contribution is -2.47. The van der Waals surface area contributed by atoms with Gasteiger partial charge in [0.05, 0.1) is 0 Å². The molecule has 0 aromatic rings. The van der Waals surface area contributed by atoms with Crippen LogP contribution in [0.4, 0.5) is 0 Å². The largest absolute Gasteiger partial charge is 0.493 e. The van der Waals surface area contributed by atoms with Crippen LogP contribution in [0.3, 0.4) is 0 Å². The molecule has 0 unspecified atom stereocenters. The molecule has 0 saturated heterocycles. The van der Waals surface area contributed by atoms with Crippen molar-refractivity contribution in [3.63, 3.8) is 0 Å². The van der Waals surface area contributed by atoms with Crippen molar-refractivity contribution >= 4 is 0 Å². The fourth-order valence-electron chi connectivity index (χ4n) is 5.85. The molecule has 0 aromatic heterocycles. The lowest BCUT2D eigenvalue weighted by atomic mass is 9.51. The van der Waals surface area contributed by atoms with Crippen LogP contribution in [0.2, 0.25) is 0 Å². The second kappa shape index (κ2) is 3.90. The summed E-state index contributed by atoms with van der Waals surface area (Å²) in [5.41, 5.74) is 0.854. The Kier molecular flexibility index (Phi) is 2.47. The van der Waals surface area contributed by atoms with Crippen LogP contribution >= 0.6 is 0 Å². The maximum absolute atomic E-state index is 5.94. The highest BCUT2D eigenvalue weighted by Gasteiger charge is 2.55. The Hall–Kier alpha value is -0.720. The predicted molar refractivity (Wildman–Crippen MR) is 77.6 cm³/mol. The van der Waals surface area contributed by atoms with Crippen molar-refractivity contribution in [2.75, 3.05) is 6.61 Å². The van der Waals surface area contributed by atoms with Crippen molar-refractivity contribution in [2.24, 2.45) is 28.6 Å². The molecule has 2 saturated carbocycles. The topological polar surface area (TPSA) is 9.23 Å². The minimum Gasteiger partial charge on any atom is -0.493 e. The SMILES string of the molecule is C[C@@]12CCC[C@H]1[C@@H]1CC=C3OCC=C[C@]3(C)[C@@H]1CC2. The first-order chi connectivity index (χ1) is 9.13. The summed E-state index contributed by atoms with van der Waals surface area (Å²) in [4.78, 5) is 0. The molecule has 0 spiro atoms. The zero-order valence-corrected chi connectivity index (χ0v) is 12.3. The standard InChI is InChI=1S/C18H26O/c1-17-9-3-5-14(17)13-6-7-16-18(2,10-4-12-19-16)15(13)8-11-17/h4,7,10,13-15H,3,5-6,8-9,11-12H2,1-2H3/t13-,14-,15+,17-,18+/m0/s1. The van der Waals surface area contributed by atoms with Crippen LogP contribution in [0, 0.1) is 28.6 Å². The lowest BCUT2D eigenvalue weighted by molar-refractivity contribution is -0.0257. The summed E-state index contributed by atoms with van der Waals surface area (Å²) in [5.74, 6) is 3.97. The molecule has 1 heteroatoms. The second-order valence-electron chi connectivity index (χ2n) is 7.76. The van der Waals surface area contributed by atoms with E-state index >= 15 is 0 Å². The van der Waals surface area contributed by atoms with Crippen LogP contribution in [0.15, 0.2) is 24.0 Å². The van der Waals surface area contributed by atoms with Crippen LogP contribution in [-0.2, 0) is 4.74 Å². The van der Waals surface area contributed by atoms with Crippen LogP contribution in [0.5, 0.6) is 0 Å². The van der Waals surface area contributed by atoms with Crippen molar-refractivity contribution < 1.29 is 4.74 Å². The Morgan fingerprint density at radius 3 is 2.95 bits per heavy atom. The maximum atomic E-state index is 5.94. The molecule has 1 aliphatic heterocycles. The van der Waals surface area contributed by atoms with E-state index in [1.807, 2.05) is 0 Å². The van der Waals surface area contributed by atoms with Gasteiger partial charge >= 0.3 is 0 Å². The first-order valence-corrected chi connectivity index (χ1v) is 8.15. The van der Waals surface area contributed by atoms with Crippen molar-refractivity contribution in [2.45, 2.75) is 52.4 Å². The summed E-state index contributed by atoms with van der Waals surface area (Å²) in [6, 6.07) is 0. The van der Waals surface area contributed by atoms with E-state index in [0.29, 0.717) is 5.41 Å². The van der Waals surface area contributed by atoms with Crippen molar-refractivity contribution in [1.29, 1.82) is 0 Å². The molecule has 0 aromatic carbocycles. The highest BCUT2D eigenvalue weighted by Crippen LogP contribution is 2.63. The van der Waals surface area contributed by atoms with Gasteiger partial charge in [0.15, 0.2) is 0 Å². The number of hydrogen-bond donors (Lipinski definition) is 0. The van der Waals surface area contributed by atoms with Gasteiger partial charge in [0, 0.05) is 5.41 Å². The third-order valence-corrected chi connectivity index (χ3v) is 6.89. The Morgan fingerprint density at radius 2 is 2.05 bits per heavy atom. The Bertz CT molecular complexity index is 449. The molecule has 0 N–H and O–H groups in total. The third kappa shape index (κ3) is 1.53. The molecule has 104 valence electrons. The number of ether oxygens (including phenoxy) is 1. The second-order valence-corrected chi connectivity index (χ2v) is 7.76. The minimum atomic E-state index is 0.199. The van der Waals surface area contributed by atoms with E-state index in [2.05, 4.69) is 32.1 Å². The van der Waals surface area contributed by atoms with E-state index in [1.54, 1.807) is 0 Å². The quantitative estimate of drug-likeness (QED) is 0.572. The van der Waals surface area contributed by atoms with Gasteiger partial charge in [0.2, 0.25) is 0 Å². The molecule has 1 nitrogen and oxygen atoms in total. The fourth-order valence-corrected chi connectivity index (χ4v) is 5.85. The number of fused-ring (bicyclic) bond motifs is 5. The van der Waals surface area contributed by atoms with E-state index < -0.39 is 0 Å². The van der Waals surface area contributed by atoms with Gasteiger partial charge in [-0.2, -0.15) is 0 Å². The molecule has 4 aliphatic rings. The van der Waals surface area contributed by atoms with E-state index in [-0.39, 0.29) is 5.41 Å². The first kappa shape index (κ1) is 12.1. The van der Waals surface area contributed by atoms with E-state index in [0.717, 1.165) is 24.4 Å². The fraction of sp³-hybridized carbons (Fsp3) is 0.778. The highest BCUT2D eigenvalue weighted by molar-refractivity contribution is 5.26. The summed E-state index contributed by atoms with van der Waals surface area (Å²) in [6.07, 6.45) is 15.6. The van der Waals surface area contributed by atoms with E-state index in [1.165, 1.54) is 44.3 Å². The van der Waals surface area contributed by atoms with Gasteiger partial charge < -0.3 is 4.74 Å². The molecule has 1 heterocycles. The zero-order valence-electron chi connectivity index (χ0n) is 12.3. The average Bonchev–Trinajstić information content (AvgIpc) is 2.79. The van der Waals surface area contributed by atoms with Crippen LogP contribution < -0.4 is 0 Å². The number of rotatable bonds is 0. The maximum Gasteiger partial charge on any atom is 0.106 e. The summed E-state index contributed by atoms with van der Waals surface area (Å²) in [7, 11) is 0. The summed E-state index contributed by atoms with van der Waals surface area (Å²) < 4.78 is 5.94. The van der Waals surface area contributed by atoms with Crippen molar-refractivity contribution in [3.8, 4) is 0 Å². The molecule has 0 bridgehead atoms. The Morgan fingerprint density at radius 1 is 1.16 bits per heavy atom. The van der Waals surface area contributed by atoms with Crippen LogP contribution in [0.1, 0.15) is 52.4 Å². The first-order valence-electron chi connectivity index (χ1n) is 8.15. The lowest BCUT2D eigenvalue weighted by Gasteiger charge is -2.54. The molecule has 0 amide bonds. The highest BCUT2D eigenvalue weighted by atomic mass is 16.5. The molecular formula is C18H26O.